The fourth-order valence-electron chi connectivity index (χ4n) is 4.63. The normalized spacial score (nSPS) is 18.4. The third kappa shape index (κ3) is 6.98. The van der Waals surface area contributed by atoms with E-state index in [-0.39, 0.29) is 23.2 Å². The van der Waals surface area contributed by atoms with Crippen LogP contribution < -0.4 is 15.4 Å². The highest BCUT2D eigenvalue weighted by Gasteiger charge is 2.30. The molecule has 1 fully saturated rings. The number of nitrogens with zero attached hydrogens (tertiary/aromatic N) is 2. The van der Waals surface area contributed by atoms with Gasteiger partial charge in [0.1, 0.15) is 12.3 Å². The van der Waals surface area contributed by atoms with Crippen LogP contribution in [0.15, 0.2) is 47.4 Å². The molecule has 0 aliphatic carbocycles. The molecule has 0 saturated carbocycles. The predicted octanol–water partition coefficient (Wildman–Crippen LogP) is 3.56. The highest BCUT2D eigenvalue weighted by atomic mass is 32.2. The van der Waals surface area contributed by atoms with Crippen molar-refractivity contribution in [3.05, 3.63) is 48.2 Å². The zero-order valence-electron chi connectivity index (χ0n) is 21.8. The van der Waals surface area contributed by atoms with Crippen LogP contribution >= 0.6 is 0 Å². The smallest absolute Gasteiger partial charge is 0.406 e. The highest BCUT2D eigenvalue weighted by Crippen LogP contribution is 2.31. The number of alkyl halides is 3. The van der Waals surface area contributed by atoms with Crippen molar-refractivity contribution in [2.45, 2.75) is 36.2 Å². The van der Waals surface area contributed by atoms with Gasteiger partial charge < -0.3 is 29.9 Å². The van der Waals surface area contributed by atoms with E-state index in [1.807, 2.05) is 7.05 Å². The molecule has 0 radical (unpaired) electrons. The van der Waals surface area contributed by atoms with Gasteiger partial charge in [-0.05, 0) is 49.7 Å². The van der Waals surface area contributed by atoms with Gasteiger partial charge in [-0.1, -0.05) is 12.0 Å². The topological polar surface area (TPSA) is 95.8 Å². The Hall–Kier alpha value is -3.40. The van der Waals surface area contributed by atoms with Crippen LogP contribution in [0.1, 0.15) is 12.1 Å². The summed E-state index contributed by atoms with van der Waals surface area (Å²) in [5.74, 6) is 6.00. The fraction of sp³-hybridized carbons (Fsp3) is 0.407. The lowest BCUT2D eigenvalue weighted by atomic mass is 10.0. The minimum Gasteiger partial charge on any atom is -0.495 e. The van der Waals surface area contributed by atoms with Gasteiger partial charge >= 0.3 is 6.18 Å². The van der Waals surface area contributed by atoms with Crippen LogP contribution in [0.4, 0.5) is 24.5 Å². The van der Waals surface area contributed by atoms with Gasteiger partial charge in [-0.15, -0.1) is 0 Å². The molecule has 39 heavy (non-hydrogen) atoms. The standard InChI is InChI=1S/C27H31F3N4O4S/c1-33-13-11-25(35)23(16-33)32-21-7-4-8-24-20(21)14-18(34(24)17-27(28,29)30)6-5-12-31-22-10-9-19(39(3,36)37)15-26(22)38-2/h4,7-10,14-15,23,25,31-32,35H,11-13,16-17H2,1-3H3/t23?,25-/m0/s1. The molecule has 3 aromatic rings. The second kappa shape index (κ2) is 11.4. The summed E-state index contributed by atoms with van der Waals surface area (Å²) in [7, 11) is -0.0535. The average Bonchev–Trinajstić information content (AvgIpc) is 3.20. The average molecular weight is 565 g/mol. The van der Waals surface area contributed by atoms with Crippen molar-refractivity contribution in [3.8, 4) is 17.6 Å². The zero-order chi connectivity index (χ0) is 28.4. The van der Waals surface area contributed by atoms with Crippen molar-refractivity contribution < 1.29 is 31.4 Å². The number of nitrogens with one attached hydrogen (secondary N) is 2. The zero-order valence-corrected chi connectivity index (χ0v) is 22.7. The predicted molar refractivity (Wildman–Crippen MR) is 145 cm³/mol. The van der Waals surface area contributed by atoms with Crippen molar-refractivity contribution in [2.24, 2.45) is 0 Å². The van der Waals surface area contributed by atoms with Gasteiger partial charge in [-0.2, -0.15) is 13.2 Å². The van der Waals surface area contributed by atoms with E-state index in [1.54, 1.807) is 30.3 Å². The van der Waals surface area contributed by atoms with E-state index in [1.165, 1.54) is 19.2 Å². The number of methoxy groups -OCH3 is 1. The van der Waals surface area contributed by atoms with Crippen molar-refractivity contribution in [3.63, 3.8) is 0 Å². The number of aliphatic hydroxyl groups excluding tert-OH is 1. The maximum absolute atomic E-state index is 13.5. The number of anilines is 2. The maximum Gasteiger partial charge on any atom is 0.406 e. The Balaban J connectivity index is 1.62. The van der Waals surface area contributed by atoms with Crippen LogP contribution in [0.5, 0.6) is 5.75 Å². The summed E-state index contributed by atoms with van der Waals surface area (Å²) in [6, 6.07) is 10.8. The number of hydrogen-bond acceptors (Lipinski definition) is 7. The minimum absolute atomic E-state index is 0.0772. The van der Waals surface area contributed by atoms with Gasteiger partial charge in [0, 0.05) is 36.5 Å². The molecule has 1 aromatic heterocycles. The molecule has 1 unspecified atom stereocenters. The van der Waals surface area contributed by atoms with Crippen LogP contribution in [0.3, 0.4) is 0 Å². The number of halogens is 3. The van der Waals surface area contributed by atoms with E-state index in [0.29, 0.717) is 41.0 Å². The molecular weight excluding hydrogens is 533 g/mol. The third-order valence-corrected chi connectivity index (χ3v) is 7.70. The Kier molecular flexibility index (Phi) is 8.34. The number of likely N-dealkylation sites (N-methyl/N-ethyl adjacent to an activating group) is 1. The van der Waals surface area contributed by atoms with E-state index < -0.39 is 28.7 Å². The quantitative estimate of drug-likeness (QED) is 0.378. The van der Waals surface area contributed by atoms with Crippen molar-refractivity contribution >= 4 is 32.1 Å². The first-order valence-corrected chi connectivity index (χ1v) is 14.2. The number of fused-ring (bicyclic) bond motifs is 1. The van der Waals surface area contributed by atoms with Crippen LogP contribution in [-0.2, 0) is 16.4 Å². The second-order valence-corrected chi connectivity index (χ2v) is 11.6. The summed E-state index contributed by atoms with van der Waals surface area (Å²) in [5, 5.41) is 17.4. The number of likely N-dealkylation sites (tertiary alicyclic amines) is 1. The molecule has 1 aliphatic heterocycles. The molecule has 12 heteroatoms. The lowest BCUT2D eigenvalue weighted by Crippen LogP contribution is -2.48. The van der Waals surface area contributed by atoms with Gasteiger partial charge in [0.25, 0.3) is 0 Å². The van der Waals surface area contributed by atoms with Gasteiger partial charge in [-0.3, -0.25) is 0 Å². The maximum atomic E-state index is 13.5. The number of benzene rings is 2. The summed E-state index contributed by atoms with van der Waals surface area (Å²) in [4.78, 5) is 2.19. The molecule has 2 atom stereocenters. The second-order valence-electron chi connectivity index (χ2n) is 9.63. The monoisotopic (exact) mass is 564 g/mol. The number of aliphatic hydroxyl groups is 1. The molecule has 2 heterocycles. The fourth-order valence-corrected chi connectivity index (χ4v) is 5.27. The van der Waals surface area contributed by atoms with E-state index in [9.17, 15) is 26.7 Å². The van der Waals surface area contributed by atoms with Crippen LogP contribution in [-0.4, -0.2) is 81.4 Å². The lowest BCUT2D eigenvalue weighted by molar-refractivity contribution is -0.140. The molecular formula is C27H31F3N4O4S. The number of rotatable bonds is 7. The Morgan fingerprint density at radius 1 is 1.18 bits per heavy atom. The largest absolute Gasteiger partial charge is 0.495 e. The van der Waals surface area contributed by atoms with Crippen molar-refractivity contribution in [1.82, 2.24) is 9.47 Å². The van der Waals surface area contributed by atoms with Crippen molar-refractivity contribution in [1.29, 1.82) is 0 Å². The summed E-state index contributed by atoms with van der Waals surface area (Å²) >= 11 is 0. The Bertz CT molecular complexity index is 1510. The summed E-state index contributed by atoms with van der Waals surface area (Å²) in [6.45, 7) is 0.252. The molecule has 3 N–H and O–H groups in total. The molecule has 2 aromatic carbocycles. The molecule has 4 rings (SSSR count). The summed E-state index contributed by atoms with van der Waals surface area (Å²) < 4.78 is 70.5. The van der Waals surface area contributed by atoms with Crippen molar-refractivity contribution in [2.75, 3.05) is 50.7 Å². The van der Waals surface area contributed by atoms with Crippen LogP contribution in [0.2, 0.25) is 0 Å². The molecule has 1 aliphatic rings. The van der Waals surface area contributed by atoms with Gasteiger partial charge in [0.05, 0.1) is 47.6 Å². The highest BCUT2D eigenvalue weighted by molar-refractivity contribution is 7.90. The molecule has 0 amide bonds. The van der Waals surface area contributed by atoms with Gasteiger partial charge in [0.2, 0.25) is 0 Å². The van der Waals surface area contributed by atoms with Gasteiger partial charge in [0.15, 0.2) is 9.84 Å². The minimum atomic E-state index is -4.46. The SMILES string of the molecule is COc1cc(S(C)(=O)=O)ccc1NCC#Cc1cc2c(NC3CN(C)CC[C@@H]3O)cccc2n1CC(F)(F)F. The molecule has 0 bridgehead atoms. The number of aromatic nitrogens is 1. The van der Waals surface area contributed by atoms with E-state index >= 15 is 0 Å². The summed E-state index contributed by atoms with van der Waals surface area (Å²) in [5.41, 5.74) is 1.70. The van der Waals surface area contributed by atoms with Crippen LogP contribution in [0, 0.1) is 11.8 Å². The first-order valence-electron chi connectivity index (χ1n) is 12.3. The molecule has 1 saturated heterocycles. The molecule has 0 spiro atoms. The first-order chi connectivity index (χ1) is 18.4. The Labute approximate surface area is 225 Å². The lowest BCUT2D eigenvalue weighted by Gasteiger charge is -2.35. The number of sulfone groups is 1. The summed E-state index contributed by atoms with van der Waals surface area (Å²) in [6.07, 6.45) is -3.33. The van der Waals surface area contributed by atoms with Gasteiger partial charge in [-0.25, -0.2) is 8.42 Å². The third-order valence-electron chi connectivity index (χ3n) is 6.59. The molecule has 210 valence electrons. The molecule has 8 nitrogen and oxygen atoms in total. The number of hydrogen-bond donors (Lipinski definition) is 3. The van der Waals surface area contributed by atoms with Crippen LogP contribution in [0.25, 0.3) is 10.9 Å². The Morgan fingerprint density at radius 3 is 2.64 bits per heavy atom. The Morgan fingerprint density at radius 2 is 1.95 bits per heavy atom. The first kappa shape index (κ1) is 28.6. The van der Waals surface area contributed by atoms with E-state index in [4.69, 9.17) is 4.74 Å². The number of piperidine rings is 1. The van der Waals surface area contributed by atoms with E-state index in [0.717, 1.165) is 17.4 Å². The van der Waals surface area contributed by atoms with E-state index in [2.05, 4.69) is 27.4 Å². The number of ether oxygens (including phenoxy) is 1.